The van der Waals surface area contributed by atoms with Crippen molar-refractivity contribution in [2.24, 2.45) is 0 Å². The van der Waals surface area contributed by atoms with Crippen LogP contribution in [0, 0.1) is 6.07 Å². The van der Waals surface area contributed by atoms with Gasteiger partial charge in [-0.25, -0.2) is 0 Å². The molecule has 0 saturated carbocycles. The molecule has 2 aromatic carbocycles. The van der Waals surface area contributed by atoms with Crippen LogP contribution in [0.25, 0.3) is 11.1 Å². The summed E-state index contributed by atoms with van der Waals surface area (Å²) in [5, 5.41) is 0. The molecule has 0 aliphatic carbocycles. The normalized spacial score (nSPS) is 10.9. The van der Waals surface area contributed by atoms with E-state index in [2.05, 4.69) is 75.0 Å². The average molecular weight is 261 g/mol. The van der Waals surface area contributed by atoms with E-state index in [0.717, 1.165) is 12.8 Å². The third kappa shape index (κ3) is 3.71. The Morgan fingerprint density at radius 1 is 1.20 bits per heavy atom. The number of rotatable bonds is 5. The molecule has 0 unspecified atom stereocenters. The zero-order chi connectivity index (χ0) is 14.4. The fraction of sp³-hybridized carbons (Fsp3) is 0.200. The van der Waals surface area contributed by atoms with Gasteiger partial charge in [0.15, 0.2) is 0 Å². The van der Waals surface area contributed by atoms with E-state index in [1.54, 1.807) is 0 Å². The van der Waals surface area contributed by atoms with E-state index in [1.807, 2.05) is 6.07 Å². The van der Waals surface area contributed by atoms with Crippen molar-refractivity contribution in [2.75, 3.05) is 0 Å². The lowest BCUT2D eigenvalue weighted by molar-refractivity contribution is 1.15. The van der Waals surface area contributed by atoms with Crippen LogP contribution < -0.4 is 0 Å². The molecule has 0 aromatic heterocycles. The second-order valence-electron chi connectivity index (χ2n) is 5.17. The Bertz CT molecular complexity index is 600. The van der Waals surface area contributed by atoms with Gasteiger partial charge in [-0.1, -0.05) is 66.8 Å². The van der Waals surface area contributed by atoms with Crippen molar-refractivity contribution in [1.82, 2.24) is 0 Å². The van der Waals surface area contributed by atoms with Crippen LogP contribution in [0.1, 0.15) is 25.0 Å². The molecule has 0 spiro atoms. The van der Waals surface area contributed by atoms with Gasteiger partial charge < -0.3 is 0 Å². The molecule has 0 aliphatic rings. The summed E-state index contributed by atoms with van der Waals surface area (Å²) in [6.07, 6.45) is 6.14. The predicted octanol–water partition coefficient (Wildman–Crippen LogP) is 5.39. The lowest BCUT2D eigenvalue weighted by Gasteiger charge is -2.09. The molecule has 2 aromatic rings. The van der Waals surface area contributed by atoms with E-state index < -0.39 is 0 Å². The van der Waals surface area contributed by atoms with Crippen LogP contribution in [0.15, 0.2) is 66.8 Å². The number of benzene rings is 2. The monoisotopic (exact) mass is 261 g/mol. The fourth-order valence-electron chi connectivity index (χ4n) is 2.30. The van der Waals surface area contributed by atoms with Gasteiger partial charge in [-0.15, -0.1) is 0 Å². The van der Waals surface area contributed by atoms with E-state index in [9.17, 15) is 0 Å². The van der Waals surface area contributed by atoms with Gasteiger partial charge >= 0.3 is 0 Å². The van der Waals surface area contributed by atoms with E-state index in [1.165, 1.54) is 27.8 Å². The van der Waals surface area contributed by atoms with Gasteiger partial charge in [-0.05, 0) is 55.0 Å². The van der Waals surface area contributed by atoms with E-state index >= 15 is 0 Å². The summed E-state index contributed by atoms with van der Waals surface area (Å²) in [6, 6.07) is 18.3. The first kappa shape index (κ1) is 14.3. The molecule has 101 valence electrons. The van der Waals surface area contributed by atoms with Crippen molar-refractivity contribution in [3.8, 4) is 11.1 Å². The van der Waals surface area contributed by atoms with E-state index in [4.69, 9.17) is 0 Å². The van der Waals surface area contributed by atoms with Crippen LogP contribution in [0.5, 0.6) is 0 Å². The molecule has 0 nitrogen and oxygen atoms in total. The largest absolute Gasteiger partial charge is 0.0998 e. The van der Waals surface area contributed by atoms with Gasteiger partial charge in [0.1, 0.15) is 0 Å². The molecule has 0 atom stereocenters. The minimum atomic E-state index is 0.931. The summed E-state index contributed by atoms with van der Waals surface area (Å²) in [6.45, 7) is 8.08. The third-order valence-corrected chi connectivity index (χ3v) is 3.27. The molecule has 0 amide bonds. The summed E-state index contributed by atoms with van der Waals surface area (Å²) >= 11 is 0. The second kappa shape index (κ2) is 6.91. The van der Waals surface area contributed by atoms with Crippen molar-refractivity contribution in [3.05, 3.63) is 84.0 Å². The molecule has 0 heterocycles. The maximum Gasteiger partial charge on any atom is -0.00726 e. The van der Waals surface area contributed by atoms with Crippen LogP contribution >= 0.6 is 0 Å². The molecule has 20 heavy (non-hydrogen) atoms. The topological polar surface area (TPSA) is 0 Å². The van der Waals surface area contributed by atoms with E-state index in [-0.39, 0.29) is 0 Å². The van der Waals surface area contributed by atoms with Crippen LogP contribution in [-0.2, 0) is 12.8 Å². The lowest BCUT2D eigenvalue weighted by Crippen LogP contribution is -1.90. The van der Waals surface area contributed by atoms with Gasteiger partial charge in [-0.3, -0.25) is 0 Å². The molecular formula is C20H21. The second-order valence-corrected chi connectivity index (χ2v) is 5.17. The third-order valence-electron chi connectivity index (χ3n) is 3.27. The Labute approximate surface area is 122 Å². The van der Waals surface area contributed by atoms with Crippen molar-refractivity contribution in [2.45, 2.75) is 26.7 Å². The standard InChI is InChI=1S/C20H21/c1-4-5-8-18-9-6-7-10-20(18)19-13-11-17(12-14-19)15-16(2)3/h4-7,10-14H,2,8,15H2,1,3H3/b5-4+. The van der Waals surface area contributed by atoms with E-state index in [0.29, 0.717) is 0 Å². The highest BCUT2D eigenvalue weighted by Crippen LogP contribution is 2.24. The molecular weight excluding hydrogens is 240 g/mol. The summed E-state index contributed by atoms with van der Waals surface area (Å²) in [4.78, 5) is 0. The highest BCUT2D eigenvalue weighted by Gasteiger charge is 2.03. The van der Waals surface area contributed by atoms with Gasteiger partial charge in [0.25, 0.3) is 0 Å². The zero-order valence-corrected chi connectivity index (χ0v) is 12.3. The Balaban J connectivity index is 2.29. The molecule has 0 saturated heterocycles. The van der Waals surface area contributed by atoms with Gasteiger partial charge in [-0.2, -0.15) is 0 Å². The number of hydrogen-bond acceptors (Lipinski definition) is 0. The fourth-order valence-corrected chi connectivity index (χ4v) is 2.30. The van der Waals surface area contributed by atoms with Crippen molar-refractivity contribution >= 4 is 0 Å². The SMILES string of the molecule is C=C(C)Cc1ccc(-c2ccc[c]c2C/C=C/C)cc1. The lowest BCUT2D eigenvalue weighted by atomic mass is 9.96. The van der Waals surface area contributed by atoms with Crippen molar-refractivity contribution in [3.63, 3.8) is 0 Å². The van der Waals surface area contributed by atoms with Crippen molar-refractivity contribution in [1.29, 1.82) is 0 Å². The number of hydrogen-bond donors (Lipinski definition) is 0. The minimum absolute atomic E-state index is 0.931. The van der Waals surface area contributed by atoms with Crippen LogP contribution in [0.3, 0.4) is 0 Å². The highest BCUT2D eigenvalue weighted by atomic mass is 14.1. The van der Waals surface area contributed by atoms with Gasteiger partial charge in [0.05, 0.1) is 0 Å². The quantitative estimate of drug-likeness (QED) is 0.633. The summed E-state index contributed by atoms with van der Waals surface area (Å²) in [5.41, 5.74) is 6.29. The minimum Gasteiger partial charge on any atom is -0.0998 e. The molecule has 0 fully saturated rings. The van der Waals surface area contributed by atoms with Crippen LogP contribution in [0.4, 0.5) is 0 Å². The molecule has 1 radical (unpaired) electrons. The first-order valence-electron chi connectivity index (χ1n) is 7.05. The molecule has 0 bridgehead atoms. The van der Waals surface area contributed by atoms with Crippen LogP contribution in [0.2, 0.25) is 0 Å². The Morgan fingerprint density at radius 3 is 2.60 bits per heavy atom. The van der Waals surface area contributed by atoms with Crippen molar-refractivity contribution < 1.29 is 0 Å². The van der Waals surface area contributed by atoms with Gasteiger partial charge in [0, 0.05) is 0 Å². The first-order valence-corrected chi connectivity index (χ1v) is 7.05. The highest BCUT2D eigenvalue weighted by molar-refractivity contribution is 5.67. The maximum atomic E-state index is 3.97. The Hall–Kier alpha value is -2.08. The molecule has 0 heteroatoms. The molecule has 0 N–H and O–H groups in total. The van der Waals surface area contributed by atoms with Crippen LogP contribution in [-0.4, -0.2) is 0 Å². The number of allylic oxidation sites excluding steroid dienone is 3. The Kier molecular flexibility index (Phi) is 4.95. The smallest absolute Gasteiger partial charge is 0.00726 e. The summed E-state index contributed by atoms with van der Waals surface area (Å²) < 4.78 is 0. The zero-order valence-electron chi connectivity index (χ0n) is 12.3. The summed E-state index contributed by atoms with van der Waals surface area (Å²) in [7, 11) is 0. The predicted molar refractivity (Wildman–Crippen MR) is 87.8 cm³/mol. The summed E-state index contributed by atoms with van der Waals surface area (Å²) in [5.74, 6) is 0. The molecule has 0 aliphatic heterocycles. The first-order chi connectivity index (χ1) is 9.70. The molecule has 2 rings (SSSR count). The maximum absolute atomic E-state index is 3.97. The van der Waals surface area contributed by atoms with Gasteiger partial charge in [0.2, 0.25) is 0 Å². The average Bonchev–Trinajstić information content (AvgIpc) is 2.46. The Morgan fingerprint density at radius 2 is 1.95 bits per heavy atom.